The van der Waals surface area contributed by atoms with Crippen molar-refractivity contribution in [1.82, 2.24) is 5.32 Å². The normalized spacial score (nSPS) is 11.8. The summed E-state index contributed by atoms with van der Waals surface area (Å²) in [5, 5.41) is 6.20. The minimum atomic E-state index is -0.280. The van der Waals surface area contributed by atoms with E-state index in [2.05, 4.69) is 10.6 Å². The van der Waals surface area contributed by atoms with Crippen LogP contribution >= 0.6 is 0 Å². The second-order valence-electron chi connectivity index (χ2n) is 6.62. The summed E-state index contributed by atoms with van der Waals surface area (Å²) in [5.74, 6) is -0.403. The first-order valence-corrected chi connectivity index (χ1v) is 8.94. The molecule has 1 unspecified atom stereocenters. The van der Waals surface area contributed by atoms with Crippen LogP contribution in [0.4, 0.5) is 10.1 Å². The highest BCUT2D eigenvalue weighted by atomic mass is 19.1. The summed E-state index contributed by atoms with van der Waals surface area (Å²) in [6, 6.07) is 21.8. The lowest BCUT2D eigenvalue weighted by atomic mass is 9.98. The molecule has 4 heteroatoms. The van der Waals surface area contributed by atoms with Gasteiger partial charge in [-0.05, 0) is 60.4 Å². The fourth-order valence-electron chi connectivity index (χ4n) is 2.95. The number of hydrogen-bond acceptors (Lipinski definition) is 2. The maximum absolute atomic E-state index is 13.3. The molecule has 0 aliphatic heterocycles. The first kappa shape index (κ1) is 18.8. The average molecular weight is 362 g/mol. The van der Waals surface area contributed by atoms with Crippen LogP contribution in [-0.2, 0) is 4.79 Å². The maximum Gasteiger partial charge on any atom is 0.238 e. The minimum absolute atomic E-state index is 0.124. The van der Waals surface area contributed by atoms with Crippen molar-refractivity contribution in [3.8, 4) is 0 Å². The molecule has 0 saturated carbocycles. The van der Waals surface area contributed by atoms with Gasteiger partial charge >= 0.3 is 0 Å². The Morgan fingerprint density at radius 3 is 2.22 bits per heavy atom. The number of anilines is 1. The Morgan fingerprint density at radius 1 is 0.889 bits per heavy atom. The molecule has 27 heavy (non-hydrogen) atoms. The van der Waals surface area contributed by atoms with E-state index in [1.807, 2.05) is 62.4 Å². The molecule has 3 aromatic rings. The Bertz CT molecular complexity index is 907. The molecular weight excluding hydrogens is 339 g/mol. The molecule has 2 N–H and O–H groups in total. The molecule has 138 valence electrons. The number of aryl methyl sites for hydroxylation is 2. The Kier molecular flexibility index (Phi) is 5.99. The molecular formula is C23H23FN2O. The molecule has 1 atom stereocenters. The quantitative estimate of drug-likeness (QED) is 0.664. The maximum atomic E-state index is 13.3. The van der Waals surface area contributed by atoms with Crippen molar-refractivity contribution in [1.29, 1.82) is 0 Å². The van der Waals surface area contributed by atoms with Crippen molar-refractivity contribution in [2.45, 2.75) is 19.9 Å². The fourth-order valence-corrected chi connectivity index (χ4v) is 2.95. The van der Waals surface area contributed by atoms with Crippen LogP contribution in [0, 0.1) is 19.7 Å². The predicted octanol–water partition coefficient (Wildman–Crippen LogP) is 4.76. The average Bonchev–Trinajstić information content (AvgIpc) is 2.67. The van der Waals surface area contributed by atoms with Gasteiger partial charge in [0.1, 0.15) is 5.82 Å². The number of benzene rings is 3. The summed E-state index contributed by atoms with van der Waals surface area (Å²) < 4.78 is 13.3. The lowest BCUT2D eigenvalue weighted by Crippen LogP contribution is -2.32. The highest BCUT2D eigenvalue weighted by Crippen LogP contribution is 2.22. The van der Waals surface area contributed by atoms with Gasteiger partial charge in [0.15, 0.2) is 0 Å². The predicted molar refractivity (Wildman–Crippen MR) is 107 cm³/mol. The van der Waals surface area contributed by atoms with E-state index in [4.69, 9.17) is 0 Å². The number of hydrogen-bond donors (Lipinski definition) is 2. The van der Waals surface area contributed by atoms with Crippen molar-refractivity contribution < 1.29 is 9.18 Å². The number of nitrogens with one attached hydrogen (secondary N) is 2. The van der Waals surface area contributed by atoms with Crippen molar-refractivity contribution in [3.63, 3.8) is 0 Å². The fraction of sp³-hybridized carbons (Fsp3) is 0.174. The van der Waals surface area contributed by atoms with E-state index < -0.39 is 0 Å². The Labute approximate surface area is 159 Å². The van der Waals surface area contributed by atoms with E-state index in [1.54, 1.807) is 12.1 Å². The largest absolute Gasteiger partial charge is 0.325 e. The number of carbonyl (C=O) groups excluding carboxylic acids is 1. The number of rotatable bonds is 6. The summed E-state index contributed by atoms with van der Waals surface area (Å²) in [6.07, 6.45) is 0. The molecule has 1 amide bonds. The third kappa shape index (κ3) is 5.02. The van der Waals surface area contributed by atoms with Gasteiger partial charge in [-0.15, -0.1) is 0 Å². The van der Waals surface area contributed by atoms with Crippen molar-refractivity contribution >= 4 is 11.6 Å². The summed E-state index contributed by atoms with van der Waals surface area (Å²) in [5.41, 5.74) is 5.02. The van der Waals surface area contributed by atoms with Crippen LogP contribution in [0.15, 0.2) is 72.8 Å². The molecule has 0 fully saturated rings. The second-order valence-corrected chi connectivity index (χ2v) is 6.62. The third-order valence-electron chi connectivity index (χ3n) is 4.59. The van der Waals surface area contributed by atoms with Crippen LogP contribution < -0.4 is 10.6 Å². The standard InChI is InChI=1S/C23H23FN2O/c1-16-8-13-21(14-17(16)2)26-22(27)15-25-23(18-6-4-3-5-7-18)19-9-11-20(24)12-10-19/h3-14,23,25H,15H2,1-2H3,(H,26,27). The van der Waals surface area contributed by atoms with E-state index >= 15 is 0 Å². The van der Waals surface area contributed by atoms with Gasteiger partial charge in [0.25, 0.3) is 0 Å². The lowest BCUT2D eigenvalue weighted by molar-refractivity contribution is -0.115. The molecule has 0 aliphatic rings. The van der Waals surface area contributed by atoms with Gasteiger partial charge in [-0.1, -0.05) is 48.5 Å². The zero-order valence-electron chi connectivity index (χ0n) is 15.5. The zero-order valence-corrected chi connectivity index (χ0v) is 15.5. The van der Waals surface area contributed by atoms with Crippen molar-refractivity contribution in [3.05, 3.63) is 101 Å². The monoisotopic (exact) mass is 362 g/mol. The summed E-state index contributed by atoms with van der Waals surface area (Å²) in [7, 11) is 0. The van der Waals surface area contributed by atoms with Crippen LogP contribution in [0.2, 0.25) is 0 Å². The highest BCUT2D eigenvalue weighted by Gasteiger charge is 2.15. The Balaban J connectivity index is 1.71. The molecule has 3 nitrogen and oxygen atoms in total. The summed E-state index contributed by atoms with van der Waals surface area (Å²) in [6.45, 7) is 4.20. The van der Waals surface area contributed by atoms with Crippen molar-refractivity contribution in [2.24, 2.45) is 0 Å². The topological polar surface area (TPSA) is 41.1 Å². The zero-order chi connectivity index (χ0) is 19.2. The van der Waals surface area contributed by atoms with Gasteiger partial charge in [-0.3, -0.25) is 10.1 Å². The van der Waals surface area contributed by atoms with Gasteiger partial charge in [-0.2, -0.15) is 0 Å². The van der Waals surface area contributed by atoms with Crippen LogP contribution in [0.3, 0.4) is 0 Å². The van der Waals surface area contributed by atoms with E-state index in [-0.39, 0.29) is 24.3 Å². The number of amides is 1. The SMILES string of the molecule is Cc1ccc(NC(=O)CNC(c2ccccc2)c2ccc(F)cc2)cc1C. The van der Waals surface area contributed by atoms with Crippen LogP contribution in [0.1, 0.15) is 28.3 Å². The molecule has 0 heterocycles. The van der Waals surface area contributed by atoms with E-state index in [0.29, 0.717) is 0 Å². The van der Waals surface area contributed by atoms with Gasteiger partial charge < -0.3 is 5.32 Å². The van der Waals surface area contributed by atoms with Crippen LogP contribution in [0.25, 0.3) is 0 Å². The summed E-state index contributed by atoms with van der Waals surface area (Å²) in [4.78, 5) is 12.4. The van der Waals surface area contributed by atoms with Gasteiger partial charge in [0.05, 0.1) is 12.6 Å². The molecule has 0 spiro atoms. The van der Waals surface area contributed by atoms with Gasteiger partial charge in [-0.25, -0.2) is 4.39 Å². The number of carbonyl (C=O) groups is 1. The number of halogens is 1. The van der Waals surface area contributed by atoms with Gasteiger partial charge in [0.2, 0.25) is 5.91 Å². The third-order valence-corrected chi connectivity index (χ3v) is 4.59. The first-order valence-electron chi connectivity index (χ1n) is 8.94. The molecule has 3 aromatic carbocycles. The van der Waals surface area contributed by atoms with E-state index in [0.717, 1.165) is 22.4 Å². The van der Waals surface area contributed by atoms with Crippen LogP contribution in [-0.4, -0.2) is 12.5 Å². The van der Waals surface area contributed by atoms with Crippen molar-refractivity contribution in [2.75, 3.05) is 11.9 Å². The second kappa shape index (κ2) is 8.60. The van der Waals surface area contributed by atoms with E-state index in [9.17, 15) is 9.18 Å². The first-order chi connectivity index (χ1) is 13.0. The van der Waals surface area contributed by atoms with Crippen LogP contribution in [0.5, 0.6) is 0 Å². The molecule has 0 radical (unpaired) electrons. The molecule has 0 aliphatic carbocycles. The van der Waals surface area contributed by atoms with E-state index in [1.165, 1.54) is 17.7 Å². The van der Waals surface area contributed by atoms with Gasteiger partial charge in [0, 0.05) is 5.69 Å². The smallest absolute Gasteiger partial charge is 0.238 e. The molecule has 0 saturated heterocycles. The molecule has 0 bridgehead atoms. The Hall–Kier alpha value is -2.98. The summed E-state index contributed by atoms with van der Waals surface area (Å²) >= 11 is 0. The molecule has 3 rings (SSSR count). The highest BCUT2D eigenvalue weighted by molar-refractivity contribution is 5.92. The molecule has 0 aromatic heterocycles. The minimum Gasteiger partial charge on any atom is -0.325 e. The Morgan fingerprint density at radius 2 is 1.56 bits per heavy atom. The lowest BCUT2D eigenvalue weighted by Gasteiger charge is -2.20.